The molecule has 0 bridgehead atoms. The van der Waals surface area contributed by atoms with Gasteiger partial charge in [0.2, 0.25) is 0 Å². The first-order valence-electron chi connectivity index (χ1n) is 8.60. The van der Waals surface area contributed by atoms with Crippen LogP contribution >= 0.6 is 0 Å². The van der Waals surface area contributed by atoms with Gasteiger partial charge in [0, 0.05) is 32.2 Å². The molecule has 8 heteroatoms. The van der Waals surface area contributed by atoms with Gasteiger partial charge in [-0.3, -0.25) is 0 Å². The van der Waals surface area contributed by atoms with E-state index in [-0.39, 0.29) is 6.09 Å². The maximum absolute atomic E-state index is 11.8. The van der Waals surface area contributed by atoms with Crippen LogP contribution in [0.15, 0.2) is 36.7 Å². The zero-order valence-corrected chi connectivity index (χ0v) is 15.0. The van der Waals surface area contributed by atoms with Crippen LogP contribution in [0.3, 0.4) is 0 Å². The zero-order valence-electron chi connectivity index (χ0n) is 15.0. The van der Waals surface area contributed by atoms with Crippen molar-refractivity contribution >= 4 is 23.4 Å². The van der Waals surface area contributed by atoms with Crippen LogP contribution in [0, 0.1) is 0 Å². The molecule has 1 aliphatic heterocycles. The summed E-state index contributed by atoms with van der Waals surface area (Å²) in [6, 6.07) is 9.56. The summed E-state index contributed by atoms with van der Waals surface area (Å²) in [5.74, 6) is 2.25. The fourth-order valence-corrected chi connectivity index (χ4v) is 2.81. The first-order valence-corrected chi connectivity index (χ1v) is 8.60. The highest BCUT2D eigenvalue weighted by Gasteiger charge is 2.22. The largest absolute Gasteiger partial charge is 0.495 e. The Labute approximate surface area is 152 Å². The summed E-state index contributed by atoms with van der Waals surface area (Å²) in [4.78, 5) is 24.3. The molecule has 2 aromatic rings. The fourth-order valence-electron chi connectivity index (χ4n) is 2.81. The van der Waals surface area contributed by atoms with Crippen LogP contribution in [-0.2, 0) is 4.74 Å². The molecule has 138 valence electrons. The smallest absolute Gasteiger partial charge is 0.409 e. The Morgan fingerprint density at radius 3 is 2.69 bits per heavy atom. The molecule has 26 heavy (non-hydrogen) atoms. The minimum Gasteiger partial charge on any atom is -0.495 e. The van der Waals surface area contributed by atoms with Crippen molar-refractivity contribution < 1.29 is 14.3 Å². The maximum Gasteiger partial charge on any atom is 0.409 e. The molecule has 3 rings (SSSR count). The predicted octanol–water partition coefficient (Wildman–Crippen LogP) is 2.51. The van der Waals surface area contributed by atoms with Gasteiger partial charge in [-0.05, 0) is 19.1 Å². The molecule has 1 aliphatic rings. The van der Waals surface area contributed by atoms with E-state index in [2.05, 4.69) is 20.2 Å². The van der Waals surface area contributed by atoms with Gasteiger partial charge in [-0.15, -0.1) is 0 Å². The third kappa shape index (κ3) is 4.14. The van der Waals surface area contributed by atoms with Crippen LogP contribution in [-0.4, -0.2) is 60.9 Å². The van der Waals surface area contributed by atoms with Gasteiger partial charge in [-0.1, -0.05) is 12.1 Å². The number of rotatable bonds is 5. The summed E-state index contributed by atoms with van der Waals surface area (Å²) in [7, 11) is 1.63. The third-order valence-electron chi connectivity index (χ3n) is 4.15. The van der Waals surface area contributed by atoms with Gasteiger partial charge in [-0.2, -0.15) is 0 Å². The molecule has 1 saturated heterocycles. The number of carbonyl (C=O) groups is 1. The number of nitrogens with one attached hydrogen (secondary N) is 1. The van der Waals surface area contributed by atoms with Crippen molar-refractivity contribution in [2.24, 2.45) is 0 Å². The Balaban J connectivity index is 1.66. The van der Waals surface area contributed by atoms with Crippen LogP contribution in [0.2, 0.25) is 0 Å². The Kier molecular flexibility index (Phi) is 5.73. The number of nitrogens with zero attached hydrogens (tertiary/aromatic N) is 4. The highest BCUT2D eigenvalue weighted by molar-refractivity contribution is 5.68. The number of para-hydroxylation sites is 2. The number of aromatic nitrogens is 2. The van der Waals surface area contributed by atoms with Crippen LogP contribution in [0.4, 0.5) is 22.1 Å². The van der Waals surface area contributed by atoms with Gasteiger partial charge < -0.3 is 24.6 Å². The number of methoxy groups -OCH3 is 1. The molecule has 8 nitrogen and oxygen atoms in total. The topological polar surface area (TPSA) is 79.8 Å². The van der Waals surface area contributed by atoms with E-state index in [0.717, 1.165) is 17.3 Å². The number of hydrogen-bond donors (Lipinski definition) is 1. The van der Waals surface area contributed by atoms with Crippen LogP contribution in [0.25, 0.3) is 0 Å². The number of anilines is 3. The van der Waals surface area contributed by atoms with Crippen molar-refractivity contribution in [3.8, 4) is 5.75 Å². The lowest BCUT2D eigenvalue weighted by Gasteiger charge is -2.34. The van der Waals surface area contributed by atoms with Crippen LogP contribution in [0.1, 0.15) is 6.92 Å². The standard InChI is InChI=1S/C18H23N5O3/c1-3-26-18(24)23-10-8-22(9-11-23)17-12-16(19-13-20-17)21-14-6-4-5-7-15(14)25-2/h4-7,12-13H,3,8-11H2,1-2H3,(H,19,20,21). The molecule has 2 heterocycles. The molecule has 0 radical (unpaired) electrons. The summed E-state index contributed by atoms with van der Waals surface area (Å²) in [6.07, 6.45) is 1.28. The molecule has 1 fully saturated rings. The molecule has 1 N–H and O–H groups in total. The van der Waals surface area contributed by atoms with Crippen molar-refractivity contribution in [1.29, 1.82) is 0 Å². The lowest BCUT2D eigenvalue weighted by molar-refractivity contribution is 0.105. The maximum atomic E-state index is 11.8. The Hall–Kier alpha value is -3.03. The molecule has 0 unspecified atom stereocenters. The highest BCUT2D eigenvalue weighted by atomic mass is 16.6. The lowest BCUT2D eigenvalue weighted by atomic mass is 10.3. The van der Waals surface area contributed by atoms with Crippen molar-refractivity contribution in [3.63, 3.8) is 0 Å². The number of benzene rings is 1. The summed E-state index contributed by atoms with van der Waals surface area (Å²) >= 11 is 0. The predicted molar refractivity (Wildman–Crippen MR) is 99.1 cm³/mol. The number of carbonyl (C=O) groups excluding carboxylic acids is 1. The van der Waals surface area contributed by atoms with E-state index in [1.807, 2.05) is 37.3 Å². The number of ether oxygens (including phenoxy) is 2. The van der Waals surface area contributed by atoms with E-state index < -0.39 is 0 Å². The molecule has 0 spiro atoms. The summed E-state index contributed by atoms with van der Waals surface area (Å²) in [6.45, 7) is 4.82. The van der Waals surface area contributed by atoms with E-state index in [4.69, 9.17) is 9.47 Å². The van der Waals surface area contributed by atoms with Crippen molar-refractivity contribution in [3.05, 3.63) is 36.7 Å². The van der Waals surface area contributed by atoms with Crippen molar-refractivity contribution in [2.75, 3.05) is 50.1 Å². The summed E-state index contributed by atoms with van der Waals surface area (Å²) < 4.78 is 10.4. The Morgan fingerprint density at radius 2 is 1.96 bits per heavy atom. The molecule has 0 atom stereocenters. The molecular weight excluding hydrogens is 334 g/mol. The van der Waals surface area contributed by atoms with Crippen molar-refractivity contribution in [1.82, 2.24) is 14.9 Å². The zero-order chi connectivity index (χ0) is 18.4. The van der Waals surface area contributed by atoms with E-state index in [1.165, 1.54) is 6.33 Å². The molecule has 1 aromatic heterocycles. The van der Waals surface area contributed by atoms with Gasteiger partial charge in [-0.25, -0.2) is 14.8 Å². The highest BCUT2D eigenvalue weighted by Crippen LogP contribution is 2.27. The lowest BCUT2D eigenvalue weighted by Crippen LogP contribution is -2.49. The summed E-state index contributed by atoms with van der Waals surface area (Å²) in [5, 5.41) is 3.26. The second kappa shape index (κ2) is 8.37. The van der Waals surface area contributed by atoms with Crippen molar-refractivity contribution in [2.45, 2.75) is 6.92 Å². The monoisotopic (exact) mass is 357 g/mol. The number of hydrogen-bond acceptors (Lipinski definition) is 7. The average Bonchev–Trinajstić information content (AvgIpc) is 2.69. The third-order valence-corrected chi connectivity index (χ3v) is 4.15. The van der Waals surface area contributed by atoms with Gasteiger partial charge in [0.25, 0.3) is 0 Å². The average molecular weight is 357 g/mol. The second-order valence-corrected chi connectivity index (χ2v) is 5.76. The fraction of sp³-hybridized carbons (Fsp3) is 0.389. The first-order chi connectivity index (χ1) is 12.7. The Morgan fingerprint density at radius 1 is 1.19 bits per heavy atom. The van der Waals surface area contributed by atoms with Crippen LogP contribution in [0.5, 0.6) is 5.75 Å². The molecule has 0 saturated carbocycles. The molecule has 0 aliphatic carbocycles. The normalized spacial score (nSPS) is 14.1. The minimum atomic E-state index is -0.256. The van der Waals surface area contributed by atoms with Gasteiger partial charge in [0.15, 0.2) is 0 Å². The van der Waals surface area contributed by atoms with E-state index >= 15 is 0 Å². The van der Waals surface area contributed by atoms with Gasteiger partial charge in [0.1, 0.15) is 23.7 Å². The van der Waals surface area contributed by atoms with E-state index in [1.54, 1.807) is 12.0 Å². The summed E-state index contributed by atoms with van der Waals surface area (Å²) in [5.41, 5.74) is 0.840. The molecular formula is C18H23N5O3. The quantitative estimate of drug-likeness (QED) is 0.880. The van der Waals surface area contributed by atoms with E-state index in [0.29, 0.717) is 38.6 Å². The van der Waals surface area contributed by atoms with E-state index in [9.17, 15) is 4.79 Å². The Bertz CT molecular complexity index is 747. The number of piperazine rings is 1. The SMILES string of the molecule is CCOC(=O)N1CCN(c2cc(Nc3ccccc3OC)ncn2)CC1. The molecule has 1 aromatic carbocycles. The minimum absolute atomic E-state index is 0.256. The second-order valence-electron chi connectivity index (χ2n) is 5.76. The van der Waals surface area contributed by atoms with Gasteiger partial charge >= 0.3 is 6.09 Å². The van der Waals surface area contributed by atoms with Gasteiger partial charge in [0.05, 0.1) is 19.4 Å². The van der Waals surface area contributed by atoms with Crippen LogP contribution < -0.4 is 15.0 Å². The first kappa shape index (κ1) is 17.8. The number of amides is 1. The molecule has 1 amide bonds.